The number of para-hydroxylation sites is 1. The zero-order valence-electron chi connectivity index (χ0n) is 10.6. The van der Waals surface area contributed by atoms with Gasteiger partial charge in [-0.05, 0) is 25.0 Å². The molecule has 0 heterocycles. The van der Waals surface area contributed by atoms with E-state index < -0.39 is 0 Å². The van der Waals surface area contributed by atoms with Crippen LogP contribution in [0, 0.1) is 6.92 Å². The Hall–Kier alpha value is -1.22. The topological polar surface area (TPSA) is 32.3 Å². The molecular weight excluding hydrogens is 236 g/mol. The number of carbonyl (C=O) groups is 1. The second-order valence-corrected chi connectivity index (χ2v) is 4.54. The molecule has 4 heteroatoms. The van der Waals surface area contributed by atoms with E-state index >= 15 is 0 Å². The number of unbranched alkanes of at least 4 members (excludes halogenated alkanes) is 1. The predicted octanol–water partition coefficient (Wildman–Crippen LogP) is 3.91. The summed E-state index contributed by atoms with van der Waals surface area (Å²) in [6.45, 7) is 4.78. The standard InChI is InChI=1S/C13H19ClN2O/c1-4-5-9-16(3)13(17)15-12-10(2)7-6-8-11(12)14/h6-8H,4-5,9H2,1-3H3,(H,15,17). The van der Waals surface area contributed by atoms with Crippen molar-refractivity contribution in [2.75, 3.05) is 18.9 Å². The van der Waals surface area contributed by atoms with Crippen LogP contribution in [-0.4, -0.2) is 24.5 Å². The number of halogens is 1. The lowest BCUT2D eigenvalue weighted by molar-refractivity contribution is 0.222. The third kappa shape index (κ3) is 3.93. The number of anilines is 1. The molecule has 1 aromatic rings. The molecule has 0 aliphatic heterocycles. The number of urea groups is 1. The van der Waals surface area contributed by atoms with Crippen LogP contribution in [0.5, 0.6) is 0 Å². The predicted molar refractivity (Wildman–Crippen MR) is 72.7 cm³/mol. The van der Waals surface area contributed by atoms with Crippen LogP contribution in [0.4, 0.5) is 10.5 Å². The smallest absolute Gasteiger partial charge is 0.321 e. The van der Waals surface area contributed by atoms with Crippen molar-refractivity contribution in [3.05, 3.63) is 28.8 Å². The second-order valence-electron chi connectivity index (χ2n) is 4.14. The molecule has 0 atom stereocenters. The molecule has 0 saturated heterocycles. The molecule has 0 aliphatic rings. The Labute approximate surface area is 108 Å². The maximum Gasteiger partial charge on any atom is 0.321 e. The summed E-state index contributed by atoms with van der Waals surface area (Å²) in [7, 11) is 1.79. The fraction of sp³-hybridized carbons (Fsp3) is 0.462. The van der Waals surface area contributed by atoms with Crippen LogP contribution in [0.25, 0.3) is 0 Å². The third-order valence-electron chi connectivity index (χ3n) is 2.65. The fourth-order valence-corrected chi connectivity index (χ4v) is 1.76. The van der Waals surface area contributed by atoms with Gasteiger partial charge in [-0.25, -0.2) is 4.79 Å². The summed E-state index contributed by atoms with van der Waals surface area (Å²) in [5.74, 6) is 0. The van der Waals surface area contributed by atoms with Crippen LogP contribution in [0.1, 0.15) is 25.3 Å². The first-order valence-corrected chi connectivity index (χ1v) is 6.21. The van der Waals surface area contributed by atoms with Crippen LogP contribution in [0.3, 0.4) is 0 Å². The number of rotatable bonds is 4. The van der Waals surface area contributed by atoms with Crippen molar-refractivity contribution < 1.29 is 4.79 Å². The summed E-state index contributed by atoms with van der Waals surface area (Å²) in [6, 6.07) is 5.45. The minimum Gasteiger partial charge on any atom is -0.328 e. The van der Waals surface area contributed by atoms with E-state index in [1.807, 2.05) is 19.1 Å². The molecule has 0 radical (unpaired) electrons. The van der Waals surface area contributed by atoms with E-state index in [9.17, 15) is 4.79 Å². The number of aryl methyl sites for hydroxylation is 1. The highest BCUT2D eigenvalue weighted by molar-refractivity contribution is 6.33. The second kappa shape index (κ2) is 6.50. The average Bonchev–Trinajstić information content (AvgIpc) is 2.30. The van der Waals surface area contributed by atoms with Crippen LogP contribution < -0.4 is 5.32 Å². The lowest BCUT2D eigenvalue weighted by Gasteiger charge is -2.19. The van der Waals surface area contributed by atoms with Crippen molar-refractivity contribution in [2.24, 2.45) is 0 Å². The molecule has 17 heavy (non-hydrogen) atoms. The van der Waals surface area contributed by atoms with E-state index in [0.717, 1.165) is 24.9 Å². The highest BCUT2D eigenvalue weighted by atomic mass is 35.5. The Kier molecular flexibility index (Phi) is 5.29. The highest BCUT2D eigenvalue weighted by Gasteiger charge is 2.11. The Morgan fingerprint density at radius 1 is 1.47 bits per heavy atom. The molecule has 0 spiro atoms. The summed E-state index contributed by atoms with van der Waals surface area (Å²) in [4.78, 5) is 13.6. The lowest BCUT2D eigenvalue weighted by Crippen LogP contribution is -2.32. The summed E-state index contributed by atoms with van der Waals surface area (Å²) in [5, 5.41) is 3.41. The largest absolute Gasteiger partial charge is 0.328 e. The number of hydrogen-bond donors (Lipinski definition) is 1. The van der Waals surface area contributed by atoms with Crippen LogP contribution >= 0.6 is 11.6 Å². The molecule has 3 nitrogen and oxygen atoms in total. The maximum atomic E-state index is 11.9. The Balaban J connectivity index is 2.68. The van der Waals surface area contributed by atoms with Gasteiger partial charge in [0.25, 0.3) is 0 Å². The van der Waals surface area contributed by atoms with Crippen LogP contribution in [0.15, 0.2) is 18.2 Å². The van der Waals surface area contributed by atoms with Gasteiger partial charge in [0.2, 0.25) is 0 Å². The van der Waals surface area contributed by atoms with Gasteiger partial charge >= 0.3 is 6.03 Å². The number of amides is 2. The van der Waals surface area contributed by atoms with E-state index in [1.165, 1.54) is 0 Å². The first-order valence-electron chi connectivity index (χ1n) is 5.83. The Morgan fingerprint density at radius 3 is 2.76 bits per heavy atom. The number of nitrogens with zero attached hydrogens (tertiary/aromatic N) is 1. The molecule has 0 aromatic heterocycles. The zero-order valence-corrected chi connectivity index (χ0v) is 11.3. The van der Waals surface area contributed by atoms with Gasteiger partial charge in [-0.15, -0.1) is 0 Å². The van der Waals surface area contributed by atoms with E-state index in [4.69, 9.17) is 11.6 Å². The summed E-state index contributed by atoms with van der Waals surface area (Å²) in [6.07, 6.45) is 2.08. The van der Waals surface area contributed by atoms with Crippen LogP contribution in [-0.2, 0) is 0 Å². The van der Waals surface area contributed by atoms with E-state index in [-0.39, 0.29) is 6.03 Å². The number of nitrogens with one attached hydrogen (secondary N) is 1. The van der Waals surface area contributed by atoms with E-state index in [2.05, 4.69) is 12.2 Å². The van der Waals surface area contributed by atoms with Crippen molar-refractivity contribution in [2.45, 2.75) is 26.7 Å². The third-order valence-corrected chi connectivity index (χ3v) is 2.96. The van der Waals surface area contributed by atoms with Gasteiger partial charge in [0.05, 0.1) is 10.7 Å². The molecule has 2 amide bonds. The van der Waals surface area contributed by atoms with Gasteiger partial charge in [-0.2, -0.15) is 0 Å². The first kappa shape index (κ1) is 13.8. The Morgan fingerprint density at radius 2 is 2.18 bits per heavy atom. The van der Waals surface area contributed by atoms with Gasteiger partial charge in [0.15, 0.2) is 0 Å². The van der Waals surface area contributed by atoms with Gasteiger partial charge < -0.3 is 10.2 Å². The highest BCUT2D eigenvalue weighted by Crippen LogP contribution is 2.25. The van der Waals surface area contributed by atoms with E-state index in [0.29, 0.717) is 10.7 Å². The van der Waals surface area contributed by atoms with Crippen molar-refractivity contribution >= 4 is 23.3 Å². The number of hydrogen-bond acceptors (Lipinski definition) is 1. The van der Waals surface area contributed by atoms with Crippen molar-refractivity contribution in [3.8, 4) is 0 Å². The minimum absolute atomic E-state index is 0.116. The summed E-state index contributed by atoms with van der Waals surface area (Å²) >= 11 is 6.05. The molecule has 1 aromatic carbocycles. The molecule has 0 fully saturated rings. The average molecular weight is 255 g/mol. The number of benzene rings is 1. The minimum atomic E-state index is -0.116. The quantitative estimate of drug-likeness (QED) is 0.868. The van der Waals surface area contributed by atoms with E-state index in [1.54, 1.807) is 18.0 Å². The summed E-state index contributed by atoms with van der Waals surface area (Å²) < 4.78 is 0. The molecule has 1 rings (SSSR count). The van der Waals surface area contributed by atoms with Gasteiger partial charge in [-0.1, -0.05) is 37.1 Å². The molecule has 94 valence electrons. The summed E-state index contributed by atoms with van der Waals surface area (Å²) in [5.41, 5.74) is 1.66. The van der Waals surface area contributed by atoms with Crippen molar-refractivity contribution in [3.63, 3.8) is 0 Å². The maximum absolute atomic E-state index is 11.9. The Bertz CT molecular complexity index is 373. The van der Waals surface area contributed by atoms with Crippen molar-refractivity contribution in [1.29, 1.82) is 0 Å². The number of carbonyl (C=O) groups excluding carboxylic acids is 1. The zero-order chi connectivity index (χ0) is 12.8. The normalized spacial score (nSPS) is 10.1. The van der Waals surface area contributed by atoms with Crippen molar-refractivity contribution in [1.82, 2.24) is 4.90 Å². The molecule has 0 unspecified atom stereocenters. The first-order chi connectivity index (χ1) is 8.06. The fourth-order valence-electron chi connectivity index (χ4n) is 1.49. The van der Waals surface area contributed by atoms with Gasteiger partial charge in [-0.3, -0.25) is 0 Å². The molecule has 0 aliphatic carbocycles. The lowest BCUT2D eigenvalue weighted by atomic mass is 10.2. The molecule has 0 saturated carbocycles. The molecule has 0 bridgehead atoms. The monoisotopic (exact) mass is 254 g/mol. The van der Waals surface area contributed by atoms with Gasteiger partial charge in [0.1, 0.15) is 0 Å². The molecular formula is C13H19ClN2O. The van der Waals surface area contributed by atoms with Gasteiger partial charge in [0, 0.05) is 13.6 Å². The molecule has 1 N–H and O–H groups in total. The SMILES string of the molecule is CCCCN(C)C(=O)Nc1c(C)cccc1Cl. The van der Waals surface area contributed by atoms with Crippen LogP contribution in [0.2, 0.25) is 5.02 Å².